The highest BCUT2D eigenvalue weighted by molar-refractivity contribution is 7.12. The van der Waals surface area contributed by atoms with E-state index in [0.717, 1.165) is 16.9 Å². The molecule has 1 saturated heterocycles. The molecule has 0 aliphatic carbocycles. The van der Waals surface area contributed by atoms with Crippen molar-refractivity contribution in [1.82, 2.24) is 15.1 Å². The molecule has 1 atom stereocenters. The van der Waals surface area contributed by atoms with E-state index < -0.39 is 0 Å². The van der Waals surface area contributed by atoms with Crippen molar-refractivity contribution in [2.45, 2.75) is 12.3 Å². The van der Waals surface area contributed by atoms with Gasteiger partial charge in [0.2, 0.25) is 11.8 Å². The monoisotopic (exact) mass is 359 g/mol. The molecule has 24 heavy (non-hydrogen) atoms. The Balaban J connectivity index is 1.48. The van der Waals surface area contributed by atoms with Gasteiger partial charge in [0.1, 0.15) is 0 Å². The first-order valence-corrected chi connectivity index (χ1v) is 8.88. The number of hydrogen-bond donors (Lipinski definition) is 0. The van der Waals surface area contributed by atoms with Crippen molar-refractivity contribution in [2.24, 2.45) is 0 Å². The molecule has 0 saturated carbocycles. The quantitative estimate of drug-likeness (QED) is 0.707. The SMILES string of the molecule is O=C(c1cccs1)N1CC[C@H](c2nnc(-c3ccc(Cl)cc3)o2)C1. The van der Waals surface area contributed by atoms with E-state index >= 15 is 0 Å². The average Bonchev–Trinajstić information content (AvgIpc) is 3.34. The first-order valence-electron chi connectivity index (χ1n) is 7.63. The molecule has 4 rings (SSSR count). The predicted molar refractivity (Wildman–Crippen MR) is 92.3 cm³/mol. The van der Waals surface area contributed by atoms with E-state index in [1.54, 1.807) is 12.1 Å². The summed E-state index contributed by atoms with van der Waals surface area (Å²) < 4.78 is 5.81. The standard InChI is InChI=1S/C17H14ClN3O2S/c18-13-5-3-11(4-6-13)15-19-20-16(23-15)12-7-8-21(10-12)17(22)14-2-1-9-24-14/h1-6,9,12H,7-8,10H2/t12-/m0/s1. The number of amides is 1. The smallest absolute Gasteiger partial charge is 0.263 e. The first kappa shape index (κ1) is 15.4. The second-order valence-electron chi connectivity index (χ2n) is 5.67. The highest BCUT2D eigenvalue weighted by Gasteiger charge is 2.31. The molecular weight excluding hydrogens is 346 g/mol. The van der Waals surface area contributed by atoms with Crippen LogP contribution in [0.15, 0.2) is 46.2 Å². The third-order valence-electron chi connectivity index (χ3n) is 4.09. The molecule has 1 amide bonds. The minimum Gasteiger partial charge on any atom is -0.420 e. The molecule has 1 aromatic carbocycles. The van der Waals surface area contributed by atoms with Gasteiger partial charge in [-0.25, -0.2) is 0 Å². The zero-order valence-electron chi connectivity index (χ0n) is 12.7. The highest BCUT2D eigenvalue weighted by Crippen LogP contribution is 2.30. The summed E-state index contributed by atoms with van der Waals surface area (Å²) in [4.78, 5) is 15.0. The number of hydrogen-bond acceptors (Lipinski definition) is 5. The maximum Gasteiger partial charge on any atom is 0.263 e. The predicted octanol–water partition coefficient (Wildman–Crippen LogP) is 4.08. The molecule has 1 fully saturated rings. The Labute approximate surface area is 147 Å². The third-order valence-corrected chi connectivity index (χ3v) is 5.20. The summed E-state index contributed by atoms with van der Waals surface area (Å²) in [7, 11) is 0. The van der Waals surface area contributed by atoms with Crippen LogP contribution >= 0.6 is 22.9 Å². The van der Waals surface area contributed by atoms with Gasteiger partial charge in [0.25, 0.3) is 5.91 Å². The Morgan fingerprint density at radius 3 is 2.83 bits per heavy atom. The Hall–Kier alpha value is -2.18. The van der Waals surface area contributed by atoms with Crippen molar-refractivity contribution in [3.63, 3.8) is 0 Å². The number of carbonyl (C=O) groups excluding carboxylic acids is 1. The summed E-state index contributed by atoms with van der Waals surface area (Å²) in [6.45, 7) is 1.32. The highest BCUT2D eigenvalue weighted by atomic mass is 35.5. The van der Waals surface area contributed by atoms with Crippen molar-refractivity contribution in [3.8, 4) is 11.5 Å². The zero-order valence-corrected chi connectivity index (χ0v) is 14.3. The van der Waals surface area contributed by atoms with E-state index in [4.69, 9.17) is 16.0 Å². The number of halogens is 1. The van der Waals surface area contributed by atoms with Crippen molar-refractivity contribution < 1.29 is 9.21 Å². The first-order chi connectivity index (χ1) is 11.7. The van der Waals surface area contributed by atoms with Gasteiger partial charge in [0.05, 0.1) is 10.8 Å². The van der Waals surface area contributed by atoms with Crippen LogP contribution in [-0.2, 0) is 0 Å². The van der Waals surface area contributed by atoms with Crippen LogP contribution < -0.4 is 0 Å². The molecule has 0 spiro atoms. The molecule has 3 heterocycles. The number of rotatable bonds is 3. The molecule has 7 heteroatoms. The van der Waals surface area contributed by atoms with Crippen molar-refractivity contribution in [3.05, 3.63) is 57.6 Å². The lowest BCUT2D eigenvalue weighted by Gasteiger charge is -2.14. The lowest BCUT2D eigenvalue weighted by atomic mass is 10.1. The molecule has 0 bridgehead atoms. The Morgan fingerprint density at radius 1 is 1.25 bits per heavy atom. The topological polar surface area (TPSA) is 59.2 Å². The van der Waals surface area contributed by atoms with Crippen LogP contribution in [0.4, 0.5) is 0 Å². The maximum atomic E-state index is 12.4. The summed E-state index contributed by atoms with van der Waals surface area (Å²) in [5.41, 5.74) is 0.836. The largest absolute Gasteiger partial charge is 0.420 e. The molecule has 1 aliphatic heterocycles. The summed E-state index contributed by atoms with van der Waals surface area (Å²) in [5, 5.41) is 10.9. The van der Waals surface area contributed by atoms with E-state index in [2.05, 4.69) is 10.2 Å². The molecule has 2 aromatic heterocycles. The zero-order chi connectivity index (χ0) is 16.5. The number of benzene rings is 1. The van der Waals surface area contributed by atoms with E-state index in [-0.39, 0.29) is 11.8 Å². The molecule has 0 unspecified atom stereocenters. The number of thiophene rings is 1. The third kappa shape index (κ3) is 2.95. The van der Waals surface area contributed by atoms with Crippen molar-refractivity contribution in [2.75, 3.05) is 13.1 Å². The Morgan fingerprint density at radius 2 is 2.08 bits per heavy atom. The van der Waals surface area contributed by atoms with E-state index in [1.165, 1.54) is 11.3 Å². The molecule has 122 valence electrons. The van der Waals surface area contributed by atoms with Gasteiger partial charge in [-0.05, 0) is 42.1 Å². The van der Waals surface area contributed by atoms with Crippen LogP contribution in [0.3, 0.4) is 0 Å². The van der Waals surface area contributed by atoms with Crippen LogP contribution in [0.25, 0.3) is 11.5 Å². The van der Waals surface area contributed by atoms with Crippen molar-refractivity contribution in [1.29, 1.82) is 0 Å². The molecule has 0 radical (unpaired) electrons. The number of nitrogens with zero attached hydrogens (tertiary/aromatic N) is 3. The normalized spacial score (nSPS) is 17.4. The molecule has 3 aromatic rings. The fourth-order valence-electron chi connectivity index (χ4n) is 2.81. The van der Waals surface area contributed by atoms with Gasteiger partial charge in [-0.15, -0.1) is 21.5 Å². The fourth-order valence-corrected chi connectivity index (χ4v) is 3.63. The molecule has 0 N–H and O–H groups in total. The van der Waals surface area contributed by atoms with Crippen LogP contribution in [-0.4, -0.2) is 34.1 Å². The van der Waals surface area contributed by atoms with Crippen LogP contribution in [0.5, 0.6) is 0 Å². The van der Waals surface area contributed by atoms with Gasteiger partial charge < -0.3 is 9.32 Å². The lowest BCUT2D eigenvalue weighted by molar-refractivity contribution is 0.0794. The number of carbonyl (C=O) groups is 1. The minimum atomic E-state index is 0.0740. The van der Waals surface area contributed by atoms with Gasteiger partial charge in [-0.3, -0.25) is 4.79 Å². The molecular formula is C17H14ClN3O2S. The van der Waals surface area contributed by atoms with Gasteiger partial charge in [0, 0.05) is 23.7 Å². The van der Waals surface area contributed by atoms with Gasteiger partial charge >= 0.3 is 0 Å². The van der Waals surface area contributed by atoms with Gasteiger partial charge in [-0.1, -0.05) is 17.7 Å². The number of aromatic nitrogens is 2. The summed E-state index contributed by atoms with van der Waals surface area (Å²) >= 11 is 7.36. The summed E-state index contributed by atoms with van der Waals surface area (Å²) in [5.74, 6) is 1.22. The average molecular weight is 360 g/mol. The fraction of sp³-hybridized carbons (Fsp3) is 0.235. The van der Waals surface area contributed by atoms with E-state index in [1.807, 2.05) is 34.5 Å². The number of likely N-dealkylation sites (tertiary alicyclic amines) is 1. The summed E-state index contributed by atoms with van der Waals surface area (Å²) in [6.07, 6.45) is 0.833. The van der Waals surface area contributed by atoms with E-state index in [9.17, 15) is 4.79 Å². The van der Waals surface area contributed by atoms with Crippen LogP contribution in [0.2, 0.25) is 5.02 Å². The molecule has 1 aliphatic rings. The maximum absolute atomic E-state index is 12.4. The van der Waals surface area contributed by atoms with Crippen LogP contribution in [0, 0.1) is 0 Å². The summed E-state index contributed by atoms with van der Waals surface area (Å²) in [6, 6.07) is 11.0. The minimum absolute atomic E-state index is 0.0740. The molecule has 5 nitrogen and oxygen atoms in total. The Bertz CT molecular complexity index is 845. The van der Waals surface area contributed by atoms with E-state index in [0.29, 0.717) is 29.9 Å². The van der Waals surface area contributed by atoms with Gasteiger partial charge in [0.15, 0.2) is 0 Å². The Kier molecular flexibility index (Phi) is 4.08. The van der Waals surface area contributed by atoms with Crippen molar-refractivity contribution >= 4 is 28.8 Å². The second-order valence-corrected chi connectivity index (χ2v) is 7.05. The van der Waals surface area contributed by atoms with Crippen LogP contribution in [0.1, 0.15) is 27.9 Å². The van der Waals surface area contributed by atoms with Gasteiger partial charge in [-0.2, -0.15) is 0 Å². The lowest BCUT2D eigenvalue weighted by Crippen LogP contribution is -2.27. The second kappa shape index (κ2) is 6.37.